The quantitative estimate of drug-likeness (QED) is 0.612. The van der Waals surface area contributed by atoms with Gasteiger partial charge in [-0.1, -0.05) is 37.3 Å². The molecule has 1 saturated heterocycles. The lowest BCUT2D eigenvalue weighted by Crippen LogP contribution is -2.30. The van der Waals surface area contributed by atoms with Crippen LogP contribution in [0.4, 0.5) is 5.82 Å². The zero-order chi connectivity index (χ0) is 18.2. The van der Waals surface area contributed by atoms with Crippen molar-refractivity contribution in [1.29, 1.82) is 0 Å². The van der Waals surface area contributed by atoms with Crippen molar-refractivity contribution in [3.8, 4) is 0 Å². The normalized spacial score (nSPS) is 20.0. The van der Waals surface area contributed by atoms with Crippen molar-refractivity contribution >= 4 is 27.4 Å². The molecule has 0 radical (unpaired) electrons. The molecule has 1 aliphatic heterocycles. The molecule has 1 aliphatic carbocycles. The fourth-order valence-corrected chi connectivity index (χ4v) is 5.95. The minimum Gasteiger partial charge on any atom is -0.356 e. The van der Waals surface area contributed by atoms with E-state index in [0.717, 1.165) is 31.3 Å². The minimum atomic E-state index is 0.792. The van der Waals surface area contributed by atoms with Gasteiger partial charge in [0.1, 0.15) is 16.5 Å². The van der Waals surface area contributed by atoms with Crippen LogP contribution in [0.15, 0.2) is 30.3 Å². The monoisotopic (exact) mass is 377 g/mol. The van der Waals surface area contributed by atoms with Crippen LogP contribution >= 0.6 is 11.3 Å². The zero-order valence-corrected chi connectivity index (χ0v) is 16.9. The molecule has 5 rings (SSSR count). The Morgan fingerprint density at radius 3 is 2.70 bits per heavy atom. The van der Waals surface area contributed by atoms with E-state index in [1.54, 1.807) is 10.4 Å². The molecular weight excluding hydrogens is 350 g/mol. The molecule has 4 heteroatoms. The van der Waals surface area contributed by atoms with Crippen LogP contribution in [0.1, 0.15) is 54.4 Å². The van der Waals surface area contributed by atoms with Crippen LogP contribution in [0, 0.1) is 5.92 Å². The number of anilines is 1. The van der Waals surface area contributed by atoms with E-state index in [4.69, 9.17) is 9.97 Å². The third-order valence-electron chi connectivity index (χ3n) is 6.04. The average molecular weight is 378 g/mol. The summed E-state index contributed by atoms with van der Waals surface area (Å²) < 4.78 is 0. The Morgan fingerprint density at radius 2 is 1.89 bits per heavy atom. The molecule has 3 nitrogen and oxygen atoms in total. The van der Waals surface area contributed by atoms with Crippen LogP contribution in [0.5, 0.6) is 0 Å². The molecule has 1 aromatic carbocycles. The Morgan fingerprint density at radius 1 is 1.07 bits per heavy atom. The number of hydrogen-bond donors (Lipinski definition) is 0. The standard InChI is InChI=1S/C23H27N3S/c1-16-10-11-18-19(14-16)27-23-21(18)22(26-12-6-3-7-13-26)24-20(25-23)15-17-8-4-2-5-9-17/h2,4-5,8-9,16H,3,6-7,10-15H2,1H3/t16-/m1/s1. The van der Waals surface area contributed by atoms with Crippen molar-refractivity contribution in [1.82, 2.24) is 9.97 Å². The number of thiophene rings is 1. The molecule has 0 bridgehead atoms. The Hall–Kier alpha value is -1.94. The summed E-state index contributed by atoms with van der Waals surface area (Å²) in [5.41, 5.74) is 2.84. The van der Waals surface area contributed by atoms with Crippen LogP contribution in [-0.2, 0) is 19.3 Å². The van der Waals surface area contributed by atoms with E-state index in [-0.39, 0.29) is 0 Å². The van der Waals surface area contributed by atoms with Crippen molar-refractivity contribution in [3.63, 3.8) is 0 Å². The van der Waals surface area contributed by atoms with Crippen LogP contribution in [-0.4, -0.2) is 23.1 Å². The van der Waals surface area contributed by atoms with Gasteiger partial charge in [0.05, 0.1) is 5.39 Å². The molecule has 0 spiro atoms. The maximum Gasteiger partial charge on any atom is 0.141 e. The molecule has 27 heavy (non-hydrogen) atoms. The predicted octanol–water partition coefficient (Wildman–Crippen LogP) is 5.40. The van der Waals surface area contributed by atoms with Crippen LogP contribution in [0.2, 0.25) is 0 Å². The summed E-state index contributed by atoms with van der Waals surface area (Å²) in [6, 6.07) is 10.6. The number of benzene rings is 1. The zero-order valence-electron chi connectivity index (χ0n) is 16.1. The lowest BCUT2D eigenvalue weighted by atomic mass is 9.89. The fraction of sp³-hybridized carbons (Fsp3) is 0.478. The third-order valence-corrected chi connectivity index (χ3v) is 7.19. The Balaban J connectivity index is 1.62. The van der Waals surface area contributed by atoms with Gasteiger partial charge in [0.2, 0.25) is 0 Å². The minimum absolute atomic E-state index is 0.792. The smallest absolute Gasteiger partial charge is 0.141 e. The van der Waals surface area contributed by atoms with Gasteiger partial charge in [-0.05, 0) is 55.6 Å². The Kier molecular flexibility index (Phi) is 4.60. The van der Waals surface area contributed by atoms with Crippen molar-refractivity contribution < 1.29 is 0 Å². The van der Waals surface area contributed by atoms with Crippen molar-refractivity contribution in [3.05, 3.63) is 52.2 Å². The van der Waals surface area contributed by atoms with Gasteiger partial charge in [-0.25, -0.2) is 9.97 Å². The summed E-state index contributed by atoms with van der Waals surface area (Å²) in [6.45, 7) is 4.65. The number of aromatic nitrogens is 2. The van der Waals surface area contributed by atoms with E-state index in [9.17, 15) is 0 Å². The highest BCUT2D eigenvalue weighted by molar-refractivity contribution is 7.19. The topological polar surface area (TPSA) is 29.0 Å². The summed E-state index contributed by atoms with van der Waals surface area (Å²) in [7, 11) is 0. The van der Waals surface area contributed by atoms with Crippen molar-refractivity contribution in [2.45, 2.75) is 51.9 Å². The Bertz CT molecular complexity index is 941. The maximum absolute atomic E-state index is 5.14. The summed E-state index contributed by atoms with van der Waals surface area (Å²) in [4.78, 5) is 15.5. The first-order chi connectivity index (χ1) is 13.3. The second-order valence-electron chi connectivity index (χ2n) is 8.21. The molecule has 3 aromatic rings. The van der Waals surface area contributed by atoms with Crippen molar-refractivity contribution in [2.75, 3.05) is 18.0 Å². The summed E-state index contributed by atoms with van der Waals surface area (Å²) in [6.07, 6.45) is 8.43. The number of nitrogens with zero attached hydrogens (tertiary/aromatic N) is 3. The number of rotatable bonds is 3. The molecular formula is C23H27N3S. The van der Waals surface area contributed by atoms with Gasteiger partial charge < -0.3 is 4.90 Å². The van der Waals surface area contributed by atoms with Gasteiger partial charge in [-0.15, -0.1) is 11.3 Å². The molecule has 140 valence electrons. The van der Waals surface area contributed by atoms with E-state index in [1.807, 2.05) is 11.3 Å². The average Bonchev–Trinajstić information content (AvgIpc) is 3.06. The van der Waals surface area contributed by atoms with Gasteiger partial charge in [0.25, 0.3) is 0 Å². The van der Waals surface area contributed by atoms with Crippen molar-refractivity contribution in [2.24, 2.45) is 5.92 Å². The first kappa shape index (κ1) is 17.2. The maximum atomic E-state index is 5.14. The van der Waals surface area contributed by atoms with Gasteiger partial charge in [0.15, 0.2) is 0 Å². The lowest BCUT2D eigenvalue weighted by Gasteiger charge is -2.29. The van der Waals surface area contributed by atoms with Crippen LogP contribution < -0.4 is 4.90 Å². The molecule has 0 saturated carbocycles. The largest absolute Gasteiger partial charge is 0.356 e. The van der Waals surface area contributed by atoms with E-state index in [2.05, 4.69) is 42.2 Å². The summed E-state index contributed by atoms with van der Waals surface area (Å²) in [5, 5.41) is 1.38. The van der Waals surface area contributed by atoms with Gasteiger partial charge >= 0.3 is 0 Å². The second kappa shape index (κ2) is 7.23. The third kappa shape index (κ3) is 3.36. The van der Waals surface area contributed by atoms with E-state index in [1.165, 1.54) is 60.1 Å². The second-order valence-corrected chi connectivity index (χ2v) is 9.29. The Labute approximate surface area is 165 Å². The summed E-state index contributed by atoms with van der Waals surface area (Å²) in [5.74, 6) is 2.99. The molecule has 0 amide bonds. The van der Waals surface area contributed by atoms with E-state index in [0.29, 0.717) is 0 Å². The van der Waals surface area contributed by atoms with Gasteiger partial charge in [-0.2, -0.15) is 0 Å². The number of aryl methyl sites for hydroxylation is 1. The first-order valence-corrected chi connectivity index (χ1v) is 11.2. The molecule has 3 heterocycles. The highest BCUT2D eigenvalue weighted by Gasteiger charge is 2.26. The highest BCUT2D eigenvalue weighted by atomic mass is 32.1. The lowest BCUT2D eigenvalue weighted by molar-refractivity contribution is 0.509. The molecule has 1 atom stereocenters. The van der Waals surface area contributed by atoms with Gasteiger partial charge in [0, 0.05) is 24.4 Å². The molecule has 2 aromatic heterocycles. The number of hydrogen-bond acceptors (Lipinski definition) is 4. The van der Waals surface area contributed by atoms with Crippen LogP contribution in [0.25, 0.3) is 10.2 Å². The SMILES string of the molecule is C[C@@H]1CCc2c(sc3nc(Cc4ccccc4)nc(N4CCCCC4)c23)C1. The predicted molar refractivity (Wildman–Crippen MR) is 114 cm³/mol. The first-order valence-electron chi connectivity index (χ1n) is 10.4. The van der Waals surface area contributed by atoms with E-state index >= 15 is 0 Å². The number of fused-ring (bicyclic) bond motifs is 3. The van der Waals surface area contributed by atoms with E-state index < -0.39 is 0 Å². The van der Waals surface area contributed by atoms with Gasteiger partial charge in [-0.3, -0.25) is 0 Å². The number of piperidine rings is 1. The van der Waals surface area contributed by atoms with Crippen LogP contribution in [0.3, 0.4) is 0 Å². The molecule has 1 fully saturated rings. The molecule has 0 unspecified atom stereocenters. The molecule has 2 aliphatic rings. The fourth-order valence-electron chi connectivity index (χ4n) is 4.56. The molecule has 0 N–H and O–H groups in total. The highest BCUT2D eigenvalue weighted by Crippen LogP contribution is 2.41. The summed E-state index contributed by atoms with van der Waals surface area (Å²) >= 11 is 1.93.